The maximum Gasteiger partial charge on any atom is 0.191 e. The molecule has 4 rings (SSSR count). The monoisotopic (exact) mass is 385 g/mol. The van der Waals surface area contributed by atoms with E-state index < -0.39 is 0 Å². The average Bonchev–Trinajstić information content (AvgIpc) is 2.66. The van der Waals surface area contributed by atoms with Gasteiger partial charge in [0.1, 0.15) is 5.82 Å². The number of nitrogens with one attached hydrogen (secondary N) is 2. The van der Waals surface area contributed by atoms with Gasteiger partial charge in [-0.25, -0.2) is 4.98 Å². The Kier molecular flexibility index (Phi) is 5.76. The number of nitrogens with zero attached hydrogens (tertiary/aromatic N) is 3. The first-order valence-electron chi connectivity index (χ1n) is 10.9. The number of piperidine rings is 1. The minimum atomic E-state index is 0.355. The van der Waals surface area contributed by atoms with Crippen LogP contribution in [0.1, 0.15) is 51.0 Å². The Morgan fingerprint density at radius 3 is 2.64 bits per heavy atom. The summed E-state index contributed by atoms with van der Waals surface area (Å²) in [7, 11) is 1.88. The molecule has 3 aliphatic rings. The van der Waals surface area contributed by atoms with E-state index in [9.17, 15) is 0 Å². The number of aryl methyl sites for hydroxylation is 1. The van der Waals surface area contributed by atoms with E-state index in [4.69, 9.17) is 4.74 Å². The summed E-state index contributed by atoms with van der Waals surface area (Å²) >= 11 is 0. The largest absolute Gasteiger partial charge is 0.378 e. The lowest BCUT2D eigenvalue weighted by Gasteiger charge is -2.61. The fraction of sp³-hybridized carbons (Fsp3) is 0.727. The first-order chi connectivity index (χ1) is 13.6. The van der Waals surface area contributed by atoms with Gasteiger partial charge in [-0.05, 0) is 57.6 Å². The molecule has 0 aromatic carbocycles. The second-order valence-electron chi connectivity index (χ2n) is 8.63. The first-order valence-corrected chi connectivity index (χ1v) is 10.9. The Labute approximate surface area is 169 Å². The predicted octanol–water partition coefficient (Wildman–Crippen LogP) is 2.87. The van der Waals surface area contributed by atoms with Crippen LogP contribution in [0.5, 0.6) is 0 Å². The molecule has 2 unspecified atom stereocenters. The zero-order valence-electron chi connectivity index (χ0n) is 17.6. The Morgan fingerprint density at radius 2 is 2.07 bits per heavy atom. The molecule has 0 bridgehead atoms. The molecule has 1 aliphatic heterocycles. The summed E-state index contributed by atoms with van der Waals surface area (Å²) in [5.74, 6) is 2.05. The summed E-state index contributed by atoms with van der Waals surface area (Å²) in [6, 6.07) is 5.24. The van der Waals surface area contributed by atoms with Crippen molar-refractivity contribution in [3.05, 3.63) is 23.9 Å². The molecule has 2 saturated carbocycles. The summed E-state index contributed by atoms with van der Waals surface area (Å²) < 4.78 is 5.98. The minimum absolute atomic E-state index is 0.355. The molecule has 2 N–H and O–H groups in total. The molecule has 28 heavy (non-hydrogen) atoms. The van der Waals surface area contributed by atoms with Crippen molar-refractivity contribution in [1.82, 2.24) is 15.6 Å². The number of aromatic nitrogens is 1. The first kappa shape index (κ1) is 19.5. The van der Waals surface area contributed by atoms with Gasteiger partial charge in [-0.1, -0.05) is 12.5 Å². The molecule has 1 aromatic rings. The van der Waals surface area contributed by atoms with Gasteiger partial charge >= 0.3 is 0 Å². The lowest BCUT2D eigenvalue weighted by Crippen LogP contribution is -2.69. The molecule has 6 nitrogen and oxygen atoms in total. The highest BCUT2D eigenvalue weighted by Gasteiger charge is 2.59. The second-order valence-corrected chi connectivity index (χ2v) is 8.63. The number of hydrogen-bond acceptors (Lipinski definition) is 4. The van der Waals surface area contributed by atoms with Crippen molar-refractivity contribution in [3.63, 3.8) is 0 Å². The highest BCUT2D eigenvalue weighted by molar-refractivity contribution is 5.80. The molecule has 0 radical (unpaired) electrons. The van der Waals surface area contributed by atoms with E-state index in [1.54, 1.807) is 0 Å². The van der Waals surface area contributed by atoms with Crippen LogP contribution in [0, 0.1) is 12.3 Å². The molecule has 3 fully saturated rings. The van der Waals surface area contributed by atoms with Crippen molar-refractivity contribution < 1.29 is 4.74 Å². The zero-order valence-corrected chi connectivity index (χ0v) is 17.6. The lowest BCUT2D eigenvalue weighted by molar-refractivity contribution is -0.168. The standard InChI is InChI=1S/C22H35N5O/c1-4-28-19-14-18(22(19)10-5-11-22)26-21(23-3)25-17-8-12-27(13-9-17)20-7-6-16(2)15-24-20/h6-7,15,17-19H,4-5,8-14H2,1-3H3,(H2,23,25,26). The van der Waals surface area contributed by atoms with E-state index in [0.29, 0.717) is 23.6 Å². The molecule has 0 amide bonds. The van der Waals surface area contributed by atoms with E-state index in [-0.39, 0.29) is 0 Å². The van der Waals surface area contributed by atoms with Crippen molar-refractivity contribution >= 4 is 11.8 Å². The van der Waals surface area contributed by atoms with E-state index in [1.165, 1.54) is 24.8 Å². The fourth-order valence-electron chi connectivity index (χ4n) is 5.07. The van der Waals surface area contributed by atoms with Gasteiger partial charge in [0.25, 0.3) is 0 Å². The average molecular weight is 386 g/mol. The second kappa shape index (κ2) is 8.27. The molecule has 2 heterocycles. The Bertz CT molecular complexity index is 677. The SMILES string of the molecule is CCOC1CC(NC(=NC)NC2CCN(c3ccc(C)cn3)CC2)C12CCC2. The van der Waals surface area contributed by atoms with Crippen molar-refractivity contribution in [2.24, 2.45) is 10.4 Å². The van der Waals surface area contributed by atoms with E-state index in [0.717, 1.165) is 50.7 Å². The molecule has 1 aromatic heterocycles. The maximum absolute atomic E-state index is 5.98. The Balaban J connectivity index is 1.27. The van der Waals surface area contributed by atoms with Gasteiger partial charge in [-0.3, -0.25) is 4.99 Å². The number of ether oxygens (including phenoxy) is 1. The summed E-state index contributed by atoms with van der Waals surface area (Å²) in [6.07, 6.45) is 9.61. The Hall–Kier alpha value is -1.82. The van der Waals surface area contributed by atoms with Crippen LogP contribution in [-0.4, -0.2) is 55.9 Å². The van der Waals surface area contributed by atoms with E-state index in [2.05, 4.69) is 51.5 Å². The van der Waals surface area contributed by atoms with Crippen LogP contribution in [0.2, 0.25) is 0 Å². The maximum atomic E-state index is 5.98. The highest BCUT2D eigenvalue weighted by Crippen LogP contribution is 2.57. The molecular formula is C22H35N5O. The molecule has 1 spiro atoms. The van der Waals surface area contributed by atoms with Crippen LogP contribution in [0.15, 0.2) is 23.3 Å². The van der Waals surface area contributed by atoms with Crippen LogP contribution in [0.3, 0.4) is 0 Å². The van der Waals surface area contributed by atoms with Crippen LogP contribution < -0.4 is 15.5 Å². The van der Waals surface area contributed by atoms with Crippen molar-refractivity contribution in [1.29, 1.82) is 0 Å². The minimum Gasteiger partial charge on any atom is -0.378 e. The summed E-state index contributed by atoms with van der Waals surface area (Å²) in [5, 5.41) is 7.38. The quantitative estimate of drug-likeness (QED) is 0.603. The summed E-state index contributed by atoms with van der Waals surface area (Å²) in [6.45, 7) is 7.07. The fourth-order valence-corrected chi connectivity index (χ4v) is 5.07. The number of anilines is 1. The number of rotatable bonds is 5. The van der Waals surface area contributed by atoms with Crippen LogP contribution >= 0.6 is 0 Å². The van der Waals surface area contributed by atoms with Crippen LogP contribution in [0.25, 0.3) is 0 Å². The molecule has 1 saturated heterocycles. The van der Waals surface area contributed by atoms with E-state index >= 15 is 0 Å². The van der Waals surface area contributed by atoms with Gasteiger partial charge in [-0.2, -0.15) is 0 Å². The van der Waals surface area contributed by atoms with Crippen LogP contribution in [0.4, 0.5) is 5.82 Å². The molecular weight excluding hydrogens is 350 g/mol. The van der Waals surface area contributed by atoms with Crippen molar-refractivity contribution in [2.75, 3.05) is 31.6 Å². The van der Waals surface area contributed by atoms with Crippen LogP contribution in [-0.2, 0) is 4.74 Å². The smallest absolute Gasteiger partial charge is 0.191 e. The van der Waals surface area contributed by atoms with E-state index in [1.807, 2.05) is 13.2 Å². The zero-order chi connectivity index (χ0) is 19.6. The highest BCUT2D eigenvalue weighted by atomic mass is 16.5. The van der Waals surface area contributed by atoms with Gasteiger partial charge in [0.2, 0.25) is 0 Å². The summed E-state index contributed by atoms with van der Waals surface area (Å²) in [5.41, 5.74) is 1.57. The van der Waals surface area contributed by atoms with Gasteiger partial charge in [0.05, 0.1) is 6.10 Å². The Morgan fingerprint density at radius 1 is 1.29 bits per heavy atom. The summed E-state index contributed by atoms with van der Waals surface area (Å²) in [4.78, 5) is 11.5. The number of aliphatic imine (C=N–C) groups is 1. The number of guanidine groups is 1. The molecule has 154 valence electrons. The van der Waals surface area contributed by atoms with Gasteiger partial charge in [0.15, 0.2) is 5.96 Å². The normalized spacial score (nSPS) is 27.2. The topological polar surface area (TPSA) is 61.8 Å². The van der Waals surface area contributed by atoms with Gasteiger partial charge < -0.3 is 20.3 Å². The molecule has 2 atom stereocenters. The third-order valence-corrected chi connectivity index (χ3v) is 7.03. The van der Waals surface area contributed by atoms with Gasteiger partial charge in [0, 0.05) is 50.4 Å². The number of hydrogen-bond donors (Lipinski definition) is 2. The van der Waals surface area contributed by atoms with Gasteiger partial charge in [-0.15, -0.1) is 0 Å². The predicted molar refractivity (Wildman–Crippen MR) is 114 cm³/mol. The number of pyridine rings is 1. The van der Waals surface area contributed by atoms with Crippen molar-refractivity contribution in [3.8, 4) is 0 Å². The lowest BCUT2D eigenvalue weighted by atomic mass is 9.51. The molecule has 6 heteroatoms. The molecule has 2 aliphatic carbocycles. The third kappa shape index (κ3) is 3.71. The third-order valence-electron chi connectivity index (χ3n) is 7.03. The van der Waals surface area contributed by atoms with Crippen molar-refractivity contribution in [2.45, 2.75) is 70.6 Å².